The SMILES string of the molecule is CCCCc1ccc(C(=O)CCC(=O)N2C[C@H]3CNC[C@H]3C2)cc1. The van der Waals surface area contributed by atoms with Crippen molar-refractivity contribution < 1.29 is 9.59 Å². The van der Waals surface area contributed by atoms with Gasteiger partial charge in [-0.15, -0.1) is 0 Å². The van der Waals surface area contributed by atoms with Crippen LogP contribution in [0.5, 0.6) is 0 Å². The van der Waals surface area contributed by atoms with Crippen LogP contribution in [-0.2, 0) is 11.2 Å². The van der Waals surface area contributed by atoms with Crippen molar-refractivity contribution in [2.75, 3.05) is 26.2 Å². The van der Waals surface area contributed by atoms with Crippen molar-refractivity contribution in [2.24, 2.45) is 11.8 Å². The van der Waals surface area contributed by atoms with E-state index in [2.05, 4.69) is 12.2 Å². The molecule has 1 aromatic carbocycles. The van der Waals surface area contributed by atoms with Crippen molar-refractivity contribution in [3.63, 3.8) is 0 Å². The molecule has 0 aliphatic carbocycles. The lowest BCUT2D eigenvalue weighted by Crippen LogP contribution is -2.32. The van der Waals surface area contributed by atoms with Gasteiger partial charge >= 0.3 is 0 Å². The highest BCUT2D eigenvalue weighted by Gasteiger charge is 2.37. The molecule has 24 heavy (non-hydrogen) atoms. The molecule has 1 amide bonds. The minimum atomic E-state index is 0.0754. The molecule has 2 heterocycles. The van der Waals surface area contributed by atoms with Crippen LogP contribution in [0.2, 0.25) is 0 Å². The number of hydrogen-bond donors (Lipinski definition) is 1. The van der Waals surface area contributed by atoms with Gasteiger partial charge in [-0.3, -0.25) is 9.59 Å². The number of carbonyl (C=O) groups is 2. The van der Waals surface area contributed by atoms with Crippen molar-refractivity contribution >= 4 is 11.7 Å². The number of ketones is 1. The van der Waals surface area contributed by atoms with Gasteiger partial charge in [0.2, 0.25) is 5.91 Å². The largest absolute Gasteiger partial charge is 0.342 e. The molecule has 130 valence electrons. The third-order valence-corrected chi connectivity index (χ3v) is 5.40. The lowest BCUT2D eigenvalue weighted by molar-refractivity contribution is -0.130. The molecule has 2 aliphatic heterocycles. The van der Waals surface area contributed by atoms with Crippen LogP contribution in [0.4, 0.5) is 0 Å². The molecule has 2 atom stereocenters. The lowest BCUT2D eigenvalue weighted by atomic mass is 10.0. The molecule has 0 aromatic heterocycles. The van der Waals surface area contributed by atoms with Crippen molar-refractivity contribution in [3.05, 3.63) is 35.4 Å². The van der Waals surface area contributed by atoms with Gasteiger partial charge in [0.25, 0.3) is 0 Å². The summed E-state index contributed by atoms with van der Waals surface area (Å²) < 4.78 is 0. The number of fused-ring (bicyclic) bond motifs is 1. The highest BCUT2D eigenvalue weighted by atomic mass is 16.2. The number of hydrogen-bond acceptors (Lipinski definition) is 3. The Hall–Kier alpha value is -1.68. The standard InChI is InChI=1S/C20H28N2O2/c1-2-3-4-15-5-7-16(8-6-15)19(23)9-10-20(24)22-13-17-11-21-12-18(17)14-22/h5-8,17-18,21H,2-4,9-14H2,1H3/t17-,18+. The fraction of sp³-hybridized carbons (Fsp3) is 0.600. The Balaban J connectivity index is 1.45. The van der Waals surface area contributed by atoms with Crippen LogP contribution < -0.4 is 5.32 Å². The molecule has 2 aliphatic rings. The van der Waals surface area contributed by atoms with Crippen LogP contribution in [0.3, 0.4) is 0 Å². The molecule has 2 fully saturated rings. The second-order valence-electron chi connectivity index (χ2n) is 7.20. The molecule has 2 saturated heterocycles. The molecule has 3 rings (SSSR count). The van der Waals surface area contributed by atoms with Gasteiger partial charge in [-0.1, -0.05) is 37.6 Å². The first-order chi connectivity index (χ1) is 11.7. The number of nitrogens with zero attached hydrogens (tertiary/aromatic N) is 1. The number of nitrogens with one attached hydrogen (secondary N) is 1. The Morgan fingerprint density at radius 1 is 1.08 bits per heavy atom. The molecule has 0 radical (unpaired) electrons. The van der Waals surface area contributed by atoms with E-state index in [0.717, 1.165) is 38.2 Å². The minimum Gasteiger partial charge on any atom is -0.342 e. The zero-order chi connectivity index (χ0) is 16.9. The van der Waals surface area contributed by atoms with E-state index in [1.54, 1.807) is 0 Å². The Bertz CT molecular complexity index is 570. The van der Waals surface area contributed by atoms with Crippen LogP contribution in [0.15, 0.2) is 24.3 Å². The Labute approximate surface area is 144 Å². The number of benzene rings is 1. The third-order valence-electron chi connectivity index (χ3n) is 5.40. The van der Waals surface area contributed by atoms with Crippen molar-refractivity contribution in [1.29, 1.82) is 0 Å². The molecule has 4 heteroatoms. The summed E-state index contributed by atoms with van der Waals surface area (Å²) in [6, 6.07) is 7.90. The Kier molecular flexibility index (Phi) is 5.67. The second-order valence-corrected chi connectivity index (χ2v) is 7.20. The molecule has 0 unspecified atom stereocenters. The highest BCUT2D eigenvalue weighted by molar-refractivity contribution is 5.98. The third kappa shape index (κ3) is 4.04. The fourth-order valence-electron chi connectivity index (χ4n) is 3.82. The Morgan fingerprint density at radius 2 is 1.75 bits per heavy atom. The van der Waals surface area contributed by atoms with Crippen LogP contribution in [0.1, 0.15) is 48.5 Å². The van der Waals surface area contributed by atoms with Crippen molar-refractivity contribution in [1.82, 2.24) is 10.2 Å². The normalized spacial score (nSPS) is 22.6. The molecular formula is C20H28N2O2. The smallest absolute Gasteiger partial charge is 0.223 e. The number of carbonyl (C=O) groups excluding carboxylic acids is 2. The van der Waals surface area contributed by atoms with Gasteiger partial charge in [-0.05, 0) is 30.2 Å². The molecule has 0 spiro atoms. The van der Waals surface area contributed by atoms with Crippen molar-refractivity contribution in [2.45, 2.75) is 39.0 Å². The second kappa shape index (κ2) is 7.93. The van der Waals surface area contributed by atoms with E-state index in [0.29, 0.717) is 24.7 Å². The summed E-state index contributed by atoms with van der Waals surface area (Å²) >= 11 is 0. The van der Waals surface area contributed by atoms with E-state index >= 15 is 0 Å². The molecule has 1 aromatic rings. The van der Waals surface area contributed by atoms with Crippen LogP contribution in [-0.4, -0.2) is 42.8 Å². The number of amides is 1. The summed E-state index contributed by atoms with van der Waals surface area (Å²) in [5.74, 6) is 1.43. The number of aryl methyl sites for hydroxylation is 1. The zero-order valence-corrected chi connectivity index (χ0v) is 14.6. The quantitative estimate of drug-likeness (QED) is 0.783. The summed E-state index contributed by atoms with van der Waals surface area (Å²) in [7, 11) is 0. The van der Waals surface area contributed by atoms with Gasteiger partial charge < -0.3 is 10.2 Å². The van der Waals surface area contributed by atoms with E-state index < -0.39 is 0 Å². The lowest BCUT2D eigenvalue weighted by Gasteiger charge is -2.17. The molecule has 1 N–H and O–H groups in total. The van der Waals surface area contributed by atoms with Crippen LogP contribution in [0, 0.1) is 11.8 Å². The van der Waals surface area contributed by atoms with E-state index in [9.17, 15) is 9.59 Å². The highest BCUT2D eigenvalue weighted by Crippen LogP contribution is 2.26. The summed E-state index contributed by atoms with van der Waals surface area (Å²) in [5, 5.41) is 3.38. The summed E-state index contributed by atoms with van der Waals surface area (Å²) in [6.45, 7) is 5.95. The van der Waals surface area contributed by atoms with Gasteiger partial charge in [-0.25, -0.2) is 0 Å². The monoisotopic (exact) mass is 328 g/mol. The Morgan fingerprint density at radius 3 is 2.38 bits per heavy atom. The maximum absolute atomic E-state index is 12.3. The van der Waals surface area contributed by atoms with Crippen molar-refractivity contribution in [3.8, 4) is 0 Å². The first kappa shape index (κ1) is 17.2. The first-order valence-electron chi connectivity index (χ1n) is 9.28. The zero-order valence-electron chi connectivity index (χ0n) is 14.6. The first-order valence-corrected chi connectivity index (χ1v) is 9.28. The van der Waals surface area contributed by atoms with Gasteiger partial charge in [0.15, 0.2) is 5.78 Å². The minimum absolute atomic E-state index is 0.0754. The number of likely N-dealkylation sites (tertiary alicyclic amines) is 1. The average molecular weight is 328 g/mol. The van der Waals surface area contributed by atoms with E-state index in [-0.39, 0.29) is 11.7 Å². The van der Waals surface area contributed by atoms with E-state index in [4.69, 9.17) is 0 Å². The molecule has 0 saturated carbocycles. The molecular weight excluding hydrogens is 300 g/mol. The molecule has 0 bridgehead atoms. The van der Waals surface area contributed by atoms with Crippen LogP contribution >= 0.6 is 0 Å². The van der Waals surface area contributed by atoms with E-state index in [1.807, 2.05) is 29.2 Å². The van der Waals surface area contributed by atoms with Gasteiger partial charge in [0.1, 0.15) is 0 Å². The number of unbranched alkanes of at least 4 members (excludes halogenated alkanes) is 1. The van der Waals surface area contributed by atoms with E-state index in [1.165, 1.54) is 18.4 Å². The van der Waals surface area contributed by atoms with Gasteiger partial charge in [0.05, 0.1) is 0 Å². The summed E-state index contributed by atoms with van der Waals surface area (Å²) in [4.78, 5) is 26.6. The van der Waals surface area contributed by atoms with Crippen LogP contribution in [0.25, 0.3) is 0 Å². The van der Waals surface area contributed by atoms with Gasteiger partial charge in [0, 0.05) is 44.6 Å². The predicted molar refractivity (Wildman–Crippen MR) is 95.0 cm³/mol. The number of Topliss-reactive ketones (excluding diaryl/α,β-unsaturated/α-hetero) is 1. The maximum atomic E-state index is 12.3. The average Bonchev–Trinajstić information content (AvgIpc) is 3.20. The maximum Gasteiger partial charge on any atom is 0.223 e. The molecule has 4 nitrogen and oxygen atoms in total. The fourth-order valence-corrected chi connectivity index (χ4v) is 3.82. The topological polar surface area (TPSA) is 49.4 Å². The summed E-state index contributed by atoms with van der Waals surface area (Å²) in [5.41, 5.74) is 2.01. The predicted octanol–water partition coefficient (Wildman–Crippen LogP) is 2.67. The summed E-state index contributed by atoms with van der Waals surface area (Å²) in [6.07, 6.45) is 4.07. The number of rotatable bonds is 7. The van der Waals surface area contributed by atoms with Gasteiger partial charge in [-0.2, -0.15) is 0 Å².